The molecule has 0 unspecified atom stereocenters. The van der Waals surface area contributed by atoms with Crippen molar-refractivity contribution in [3.8, 4) is 0 Å². The summed E-state index contributed by atoms with van der Waals surface area (Å²) in [7, 11) is 0. The Labute approximate surface area is 136 Å². The molecule has 1 aliphatic carbocycles. The van der Waals surface area contributed by atoms with Crippen LogP contribution < -0.4 is 4.90 Å². The van der Waals surface area contributed by atoms with Gasteiger partial charge in [-0.05, 0) is 32.6 Å². The summed E-state index contributed by atoms with van der Waals surface area (Å²) < 4.78 is 1.83. The van der Waals surface area contributed by atoms with E-state index in [1.807, 2.05) is 11.4 Å². The van der Waals surface area contributed by atoms with Crippen LogP contribution in [-0.2, 0) is 0 Å². The molecule has 0 aromatic carbocycles. The lowest BCUT2D eigenvalue weighted by molar-refractivity contribution is 0.693. The average Bonchev–Trinajstić information content (AvgIpc) is 3.13. The van der Waals surface area contributed by atoms with Crippen molar-refractivity contribution in [1.82, 2.24) is 19.6 Å². The Balaban J connectivity index is 2.20. The van der Waals surface area contributed by atoms with E-state index in [0.29, 0.717) is 16.8 Å². The van der Waals surface area contributed by atoms with Crippen LogP contribution in [-0.4, -0.2) is 32.7 Å². The Bertz CT molecular complexity index is 687. The quantitative estimate of drug-likeness (QED) is 0.620. The molecule has 0 amide bonds. The van der Waals surface area contributed by atoms with E-state index in [1.54, 1.807) is 0 Å². The molecule has 5 nitrogen and oxygen atoms in total. The highest BCUT2D eigenvalue weighted by molar-refractivity contribution is 6.30. The Hall–Kier alpha value is -1.62. The van der Waals surface area contributed by atoms with E-state index < -0.39 is 0 Å². The Morgan fingerprint density at radius 2 is 2.18 bits per heavy atom. The van der Waals surface area contributed by atoms with E-state index in [2.05, 4.69) is 33.5 Å². The molecule has 22 heavy (non-hydrogen) atoms. The van der Waals surface area contributed by atoms with Crippen molar-refractivity contribution in [2.75, 3.05) is 18.0 Å². The van der Waals surface area contributed by atoms with Gasteiger partial charge in [-0.1, -0.05) is 36.6 Å². The van der Waals surface area contributed by atoms with E-state index >= 15 is 0 Å². The smallest absolute Gasteiger partial charge is 0.255 e. The van der Waals surface area contributed by atoms with Crippen molar-refractivity contribution in [2.45, 2.75) is 45.4 Å². The van der Waals surface area contributed by atoms with E-state index in [0.717, 1.165) is 30.0 Å². The molecule has 118 valence electrons. The lowest BCUT2D eigenvalue weighted by Gasteiger charge is -2.28. The first kappa shape index (κ1) is 15.3. The third-order valence-corrected chi connectivity index (χ3v) is 4.59. The minimum atomic E-state index is 0.461. The van der Waals surface area contributed by atoms with Gasteiger partial charge in [-0.2, -0.15) is 19.6 Å². The van der Waals surface area contributed by atoms with Gasteiger partial charge in [0.15, 0.2) is 0 Å². The van der Waals surface area contributed by atoms with Gasteiger partial charge in [0.1, 0.15) is 17.3 Å². The van der Waals surface area contributed by atoms with E-state index in [4.69, 9.17) is 11.6 Å². The molecule has 0 N–H and O–H groups in total. The van der Waals surface area contributed by atoms with Crippen LogP contribution in [0.4, 0.5) is 5.82 Å². The number of aromatic nitrogens is 4. The molecular formula is C16H22ClN5. The van der Waals surface area contributed by atoms with Gasteiger partial charge in [0.2, 0.25) is 0 Å². The highest BCUT2D eigenvalue weighted by atomic mass is 35.5. The summed E-state index contributed by atoms with van der Waals surface area (Å²) >= 11 is 6.54. The van der Waals surface area contributed by atoms with Crippen molar-refractivity contribution in [2.24, 2.45) is 0 Å². The number of hydrogen-bond acceptors (Lipinski definition) is 4. The van der Waals surface area contributed by atoms with Crippen molar-refractivity contribution in [1.29, 1.82) is 0 Å². The van der Waals surface area contributed by atoms with Crippen molar-refractivity contribution in [3.05, 3.63) is 29.2 Å². The van der Waals surface area contributed by atoms with Gasteiger partial charge in [0.25, 0.3) is 5.78 Å². The van der Waals surface area contributed by atoms with E-state index in [9.17, 15) is 0 Å². The minimum absolute atomic E-state index is 0.461. The Morgan fingerprint density at radius 3 is 2.82 bits per heavy atom. The summed E-state index contributed by atoms with van der Waals surface area (Å²) in [6, 6.07) is 0. The van der Waals surface area contributed by atoms with Crippen LogP contribution in [0, 0.1) is 0 Å². The maximum absolute atomic E-state index is 6.54. The molecule has 0 radical (unpaired) electrons. The number of nitrogens with zero attached hydrogens (tertiary/aromatic N) is 5. The molecule has 2 heterocycles. The minimum Gasteiger partial charge on any atom is -0.352 e. The molecule has 0 atom stereocenters. The summed E-state index contributed by atoms with van der Waals surface area (Å²) in [5, 5.41) is 4.95. The standard InChI is InChI=1S/C16H22ClN5/c1-4-21(9-11(2)3)15-13(12-7-5-6-8-12)14(17)20-16-18-10-19-22(15)16/h10,12H,2,4-9H2,1,3H3. The fourth-order valence-electron chi connectivity index (χ4n) is 3.35. The third kappa shape index (κ3) is 2.70. The second-order valence-corrected chi connectivity index (χ2v) is 6.42. The molecule has 1 fully saturated rings. The number of hydrogen-bond donors (Lipinski definition) is 0. The van der Waals surface area contributed by atoms with Gasteiger partial charge in [-0.3, -0.25) is 0 Å². The first-order valence-electron chi connectivity index (χ1n) is 7.90. The Morgan fingerprint density at radius 1 is 1.45 bits per heavy atom. The lowest BCUT2D eigenvalue weighted by atomic mass is 9.99. The third-order valence-electron chi connectivity index (χ3n) is 4.30. The number of likely N-dealkylation sites (N-methyl/N-ethyl adjacent to an activating group) is 1. The molecule has 3 rings (SSSR count). The second kappa shape index (κ2) is 6.24. The highest BCUT2D eigenvalue weighted by Gasteiger charge is 2.28. The molecule has 0 bridgehead atoms. The predicted molar refractivity (Wildman–Crippen MR) is 89.7 cm³/mol. The van der Waals surface area contributed by atoms with Gasteiger partial charge < -0.3 is 4.90 Å². The summed E-state index contributed by atoms with van der Waals surface area (Å²) in [4.78, 5) is 10.9. The van der Waals surface area contributed by atoms with Crippen LogP contribution >= 0.6 is 11.6 Å². The maximum atomic E-state index is 6.54. The topological polar surface area (TPSA) is 46.3 Å². The fraction of sp³-hybridized carbons (Fsp3) is 0.562. The van der Waals surface area contributed by atoms with Gasteiger partial charge >= 0.3 is 0 Å². The first-order chi connectivity index (χ1) is 10.6. The second-order valence-electron chi connectivity index (χ2n) is 6.06. The molecular weight excluding hydrogens is 298 g/mol. The van der Waals surface area contributed by atoms with Gasteiger partial charge in [-0.15, -0.1) is 0 Å². The monoisotopic (exact) mass is 319 g/mol. The Kier molecular flexibility index (Phi) is 4.34. The van der Waals surface area contributed by atoms with Crippen LogP contribution in [0.25, 0.3) is 5.78 Å². The zero-order valence-corrected chi connectivity index (χ0v) is 14.0. The zero-order valence-electron chi connectivity index (χ0n) is 13.2. The lowest BCUT2D eigenvalue weighted by Crippen LogP contribution is -2.29. The highest BCUT2D eigenvalue weighted by Crippen LogP contribution is 2.42. The van der Waals surface area contributed by atoms with Crippen LogP contribution in [0.5, 0.6) is 0 Å². The number of anilines is 1. The van der Waals surface area contributed by atoms with Gasteiger partial charge in [-0.25, -0.2) is 0 Å². The number of rotatable bonds is 5. The molecule has 0 saturated heterocycles. The summed E-state index contributed by atoms with van der Waals surface area (Å²) in [5.74, 6) is 2.05. The van der Waals surface area contributed by atoms with Gasteiger partial charge in [0.05, 0.1) is 0 Å². The van der Waals surface area contributed by atoms with Crippen LogP contribution in [0.1, 0.15) is 51.0 Å². The normalized spacial score (nSPS) is 15.6. The molecule has 6 heteroatoms. The van der Waals surface area contributed by atoms with Crippen molar-refractivity contribution < 1.29 is 0 Å². The van der Waals surface area contributed by atoms with E-state index in [1.165, 1.54) is 32.0 Å². The maximum Gasteiger partial charge on any atom is 0.255 e. The van der Waals surface area contributed by atoms with Crippen molar-refractivity contribution >= 4 is 23.2 Å². The summed E-state index contributed by atoms with van der Waals surface area (Å²) in [6.45, 7) is 9.87. The summed E-state index contributed by atoms with van der Waals surface area (Å²) in [6.07, 6.45) is 6.37. The molecule has 2 aromatic heterocycles. The number of fused-ring (bicyclic) bond motifs is 1. The molecule has 0 aliphatic heterocycles. The fourth-order valence-corrected chi connectivity index (χ4v) is 3.66. The molecule has 1 saturated carbocycles. The molecule has 0 spiro atoms. The van der Waals surface area contributed by atoms with Crippen molar-refractivity contribution in [3.63, 3.8) is 0 Å². The zero-order chi connectivity index (χ0) is 15.7. The van der Waals surface area contributed by atoms with Gasteiger partial charge in [0, 0.05) is 18.7 Å². The van der Waals surface area contributed by atoms with E-state index in [-0.39, 0.29) is 0 Å². The SMILES string of the molecule is C=C(C)CN(CC)c1c(C2CCCC2)c(Cl)nc2ncnn12. The first-order valence-corrected chi connectivity index (χ1v) is 8.28. The molecule has 2 aromatic rings. The largest absolute Gasteiger partial charge is 0.352 e. The predicted octanol–water partition coefficient (Wildman–Crippen LogP) is 3.84. The van der Waals surface area contributed by atoms with Crippen LogP contribution in [0.2, 0.25) is 5.15 Å². The van der Waals surface area contributed by atoms with Crippen LogP contribution in [0.15, 0.2) is 18.5 Å². The molecule has 1 aliphatic rings. The van der Waals surface area contributed by atoms with Crippen LogP contribution in [0.3, 0.4) is 0 Å². The number of halogens is 1. The summed E-state index contributed by atoms with van der Waals surface area (Å²) in [5.41, 5.74) is 2.24. The average molecular weight is 320 g/mol.